The van der Waals surface area contributed by atoms with Gasteiger partial charge in [-0.05, 0) is 42.7 Å². The molecular weight excluding hydrogens is 408 g/mol. The summed E-state index contributed by atoms with van der Waals surface area (Å²) < 4.78 is 16.4. The molecule has 0 aromatic heterocycles. The van der Waals surface area contributed by atoms with Crippen molar-refractivity contribution in [1.82, 2.24) is 9.80 Å². The topological polar surface area (TPSA) is 68.3 Å². The maximum absolute atomic E-state index is 12.9. The number of piperazine rings is 1. The van der Waals surface area contributed by atoms with E-state index >= 15 is 0 Å². The molecular formula is C25H32N2O5. The van der Waals surface area contributed by atoms with Crippen LogP contribution in [0.2, 0.25) is 0 Å². The highest BCUT2D eigenvalue weighted by atomic mass is 16.5. The van der Waals surface area contributed by atoms with Gasteiger partial charge in [0.2, 0.25) is 0 Å². The Bertz CT molecular complexity index is 912. The van der Waals surface area contributed by atoms with Crippen molar-refractivity contribution in [1.29, 1.82) is 0 Å². The molecule has 0 spiro atoms. The summed E-state index contributed by atoms with van der Waals surface area (Å²) in [6.07, 6.45) is -0.593. The predicted molar refractivity (Wildman–Crippen MR) is 123 cm³/mol. The zero-order chi connectivity index (χ0) is 23.3. The molecule has 0 bridgehead atoms. The fraction of sp³-hybridized carbons (Fsp3) is 0.440. The molecule has 32 heavy (non-hydrogen) atoms. The lowest BCUT2D eigenvalue weighted by atomic mass is 10.0. The van der Waals surface area contributed by atoms with Gasteiger partial charge in [-0.2, -0.15) is 0 Å². The third-order valence-corrected chi connectivity index (χ3v) is 5.68. The second-order valence-electron chi connectivity index (χ2n) is 8.20. The van der Waals surface area contributed by atoms with Crippen molar-refractivity contribution in [3.8, 4) is 17.2 Å². The first-order chi connectivity index (χ1) is 15.3. The van der Waals surface area contributed by atoms with E-state index in [1.807, 2.05) is 24.3 Å². The van der Waals surface area contributed by atoms with Crippen molar-refractivity contribution in [2.45, 2.75) is 32.8 Å². The van der Waals surface area contributed by atoms with Gasteiger partial charge in [0.1, 0.15) is 17.2 Å². The van der Waals surface area contributed by atoms with Gasteiger partial charge in [0.15, 0.2) is 6.10 Å². The van der Waals surface area contributed by atoms with E-state index in [-0.39, 0.29) is 11.8 Å². The van der Waals surface area contributed by atoms with Crippen LogP contribution in [-0.4, -0.2) is 68.1 Å². The number of hydrogen-bond acceptors (Lipinski definition) is 5. The highest BCUT2D eigenvalue weighted by molar-refractivity contribution is 5.95. The second-order valence-corrected chi connectivity index (χ2v) is 8.20. The van der Waals surface area contributed by atoms with E-state index in [1.165, 1.54) is 5.56 Å². The minimum atomic E-state index is -0.593. The van der Waals surface area contributed by atoms with Crippen molar-refractivity contribution in [2.24, 2.45) is 0 Å². The molecule has 1 aliphatic rings. The van der Waals surface area contributed by atoms with Crippen LogP contribution < -0.4 is 14.2 Å². The quantitative estimate of drug-likeness (QED) is 0.658. The largest absolute Gasteiger partial charge is 0.497 e. The van der Waals surface area contributed by atoms with E-state index in [4.69, 9.17) is 14.2 Å². The van der Waals surface area contributed by atoms with Crippen molar-refractivity contribution in [3.63, 3.8) is 0 Å². The van der Waals surface area contributed by atoms with Crippen LogP contribution >= 0.6 is 0 Å². The van der Waals surface area contributed by atoms with Crippen LogP contribution in [0.4, 0.5) is 0 Å². The normalized spacial score (nSPS) is 14.8. The summed E-state index contributed by atoms with van der Waals surface area (Å²) in [5, 5.41) is 0. The number of nitrogens with zero attached hydrogens (tertiary/aromatic N) is 2. The monoisotopic (exact) mass is 440 g/mol. The molecule has 1 unspecified atom stereocenters. The highest BCUT2D eigenvalue weighted by Crippen LogP contribution is 2.24. The van der Waals surface area contributed by atoms with Crippen LogP contribution in [0, 0.1) is 0 Å². The number of benzene rings is 2. The lowest BCUT2D eigenvalue weighted by Gasteiger charge is -2.36. The summed E-state index contributed by atoms with van der Waals surface area (Å²) in [7, 11) is 3.10. The number of rotatable bonds is 7. The van der Waals surface area contributed by atoms with E-state index in [9.17, 15) is 9.59 Å². The summed E-state index contributed by atoms with van der Waals surface area (Å²) in [5.74, 6) is 2.07. The Morgan fingerprint density at radius 1 is 0.781 bits per heavy atom. The first-order valence-electron chi connectivity index (χ1n) is 10.9. The third kappa shape index (κ3) is 5.52. The maximum atomic E-state index is 12.9. The highest BCUT2D eigenvalue weighted by Gasteiger charge is 2.28. The van der Waals surface area contributed by atoms with Gasteiger partial charge in [0, 0.05) is 37.8 Å². The van der Waals surface area contributed by atoms with Gasteiger partial charge in [-0.15, -0.1) is 0 Å². The van der Waals surface area contributed by atoms with Gasteiger partial charge in [-0.25, -0.2) is 0 Å². The van der Waals surface area contributed by atoms with Gasteiger partial charge >= 0.3 is 0 Å². The molecule has 0 aliphatic carbocycles. The fourth-order valence-electron chi connectivity index (χ4n) is 3.69. The van der Waals surface area contributed by atoms with E-state index in [0.29, 0.717) is 54.9 Å². The number of ether oxygens (including phenoxy) is 3. The maximum Gasteiger partial charge on any atom is 0.263 e. The molecule has 1 fully saturated rings. The zero-order valence-corrected chi connectivity index (χ0v) is 19.5. The molecule has 1 saturated heterocycles. The number of methoxy groups -OCH3 is 2. The molecule has 0 radical (unpaired) electrons. The van der Waals surface area contributed by atoms with Crippen LogP contribution in [0.3, 0.4) is 0 Å². The van der Waals surface area contributed by atoms with Gasteiger partial charge in [0.25, 0.3) is 11.8 Å². The number of amides is 2. The summed E-state index contributed by atoms with van der Waals surface area (Å²) in [6, 6.07) is 13.0. The Hall–Kier alpha value is -3.22. The fourth-order valence-corrected chi connectivity index (χ4v) is 3.69. The standard InChI is InChI=1S/C25H32N2O5/c1-17(2)19-6-8-21(9-7-19)32-18(3)24(28)26-10-12-27(13-11-26)25(29)20-14-22(30-4)16-23(15-20)31-5/h6-9,14-18H,10-13H2,1-5H3. The van der Waals surface area contributed by atoms with Gasteiger partial charge < -0.3 is 24.0 Å². The first-order valence-corrected chi connectivity index (χ1v) is 10.9. The molecule has 172 valence electrons. The zero-order valence-electron chi connectivity index (χ0n) is 19.5. The molecule has 1 heterocycles. The second kappa shape index (κ2) is 10.4. The molecule has 7 nitrogen and oxygen atoms in total. The Morgan fingerprint density at radius 2 is 1.31 bits per heavy atom. The molecule has 1 atom stereocenters. The van der Waals surface area contributed by atoms with Crippen LogP contribution in [0.1, 0.15) is 42.6 Å². The molecule has 1 aliphatic heterocycles. The predicted octanol–water partition coefficient (Wildman–Crippen LogP) is 3.58. The van der Waals surface area contributed by atoms with E-state index in [1.54, 1.807) is 49.1 Å². The number of hydrogen-bond donors (Lipinski definition) is 0. The average molecular weight is 441 g/mol. The number of carbonyl (C=O) groups excluding carboxylic acids is 2. The van der Waals surface area contributed by atoms with Crippen molar-refractivity contribution in [3.05, 3.63) is 53.6 Å². The molecule has 0 saturated carbocycles. The van der Waals surface area contributed by atoms with Gasteiger partial charge in [0.05, 0.1) is 14.2 Å². The van der Waals surface area contributed by atoms with Crippen molar-refractivity contribution >= 4 is 11.8 Å². The van der Waals surface area contributed by atoms with E-state index in [2.05, 4.69) is 13.8 Å². The molecule has 2 aromatic carbocycles. The van der Waals surface area contributed by atoms with Crippen molar-refractivity contribution in [2.75, 3.05) is 40.4 Å². The van der Waals surface area contributed by atoms with E-state index < -0.39 is 6.10 Å². The van der Waals surface area contributed by atoms with Crippen LogP contribution in [0.5, 0.6) is 17.2 Å². The lowest BCUT2D eigenvalue weighted by molar-refractivity contribution is -0.139. The minimum absolute atomic E-state index is 0.0758. The molecule has 0 N–H and O–H groups in total. The minimum Gasteiger partial charge on any atom is -0.497 e. The Labute approximate surface area is 189 Å². The summed E-state index contributed by atoms with van der Waals surface area (Å²) >= 11 is 0. The van der Waals surface area contributed by atoms with Crippen LogP contribution in [-0.2, 0) is 4.79 Å². The molecule has 3 rings (SSSR count). The molecule has 2 aromatic rings. The van der Waals surface area contributed by atoms with Gasteiger partial charge in [-0.1, -0.05) is 26.0 Å². The molecule has 2 amide bonds. The smallest absolute Gasteiger partial charge is 0.263 e. The van der Waals surface area contributed by atoms with Gasteiger partial charge in [-0.3, -0.25) is 9.59 Å². The Balaban J connectivity index is 1.56. The Kier molecular flexibility index (Phi) is 7.62. The van der Waals surface area contributed by atoms with Crippen molar-refractivity contribution < 1.29 is 23.8 Å². The first kappa shape index (κ1) is 23.4. The number of carbonyl (C=O) groups is 2. The summed E-state index contributed by atoms with van der Waals surface area (Å²) in [5.41, 5.74) is 1.73. The molecule has 7 heteroatoms. The average Bonchev–Trinajstić information content (AvgIpc) is 2.83. The van der Waals surface area contributed by atoms with Crippen LogP contribution in [0.15, 0.2) is 42.5 Å². The Morgan fingerprint density at radius 3 is 1.81 bits per heavy atom. The summed E-state index contributed by atoms with van der Waals surface area (Å²) in [6.45, 7) is 7.88. The summed E-state index contributed by atoms with van der Waals surface area (Å²) in [4.78, 5) is 29.3. The van der Waals surface area contributed by atoms with E-state index in [0.717, 1.165) is 0 Å². The SMILES string of the molecule is COc1cc(OC)cc(C(=O)N2CCN(C(=O)C(C)Oc3ccc(C(C)C)cc3)CC2)c1. The van der Waals surface area contributed by atoms with Crippen LogP contribution in [0.25, 0.3) is 0 Å². The third-order valence-electron chi connectivity index (χ3n) is 5.68. The lowest BCUT2D eigenvalue weighted by Crippen LogP contribution is -2.53.